The lowest BCUT2D eigenvalue weighted by atomic mass is 9.86. The molecule has 1 heterocycles. The van der Waals surface area contributed by atoms with Gasteiger partial charge in [-0.3, -0.25) is 4.79 Å². The smallest absolute Gasteiger partial charge is 0.260 e. The first-order valence-electron chi connectivity index (χ1n) is 12.3. The zero-order valence-electron chi connectivity index (χ0n) is 20.1. The molecule has 2 aliphatic rings. The van der Waals surface area contributed by atoms with Crippen molar-refractivity contribution in [1.82, 2.24) is 15.3 Å². The van der Waals surface area contributed by atoms with Crippen molar-refractivity contribution in [2.24, 2.45) is 5.92 Å². The maximum atomic E-state index is 12.4. The van der Waals surface area contributed by atoms with Crippen LogP contribution in [0.3, 0.4) is 0 Å². The molecule has 1 fully saturated rings. The number of hydrogen-bond donors (Lipinski definition) is 2. The molecule has 1 aromatic heterocycles. The second-order valence-corrected chi connectivity index (χ2v) is 9.58. The molecular weight excluding hydrogens is 414 g/mol. The molecule has 178 valence electrons. The second kappa shape index (κ2) is 10.9. The van der Waals surface area contributed by atoms with Gasteiger partial charge in [-0.25, -0.2) is 4.98 Å². The predicted octanol–water partition coefficient (Wildman–Crippen LogP) is 3.98. The molecule has 1 aromatic carbocycles. The molecular formula is C26H37N5O2. The molecule has 1 amide bonds. The summed E-state index contributed by atoms with van der Waals surface area (Å²) in [5.74, 6) is 2.98. The van der Waals surface area contributed by atoms with Gasteiger partial charge in [0.25, 0.3) is 5.91 Å². The van der Waals surface area contributed by atoms with Gasteiger partial charge in [-0.05, 0) is 76.3 Å². The van der Waals surface area contributed by atoms with Gasteiger partial charge in [0.05, 0.1) is 5.69 Å². The van der Waals surface area contributed by atoms with E-state index in [2.05, 4.69) is 29.6 Å². The summed E-state index contributed by atoms with van der Waals surface area (Å²) in [6.45, 7) is 2.50. The molecule has 0 aliphatic heterocycles. The fourth-order valence-electron chi connectivity index (χ4n) is 4.85. The van der Waals surface area contributed by atoms with Crippen molar-refractivity contribution in [2.45, 2.75) is 70.4 Å². The van der Waals surface area contributed by atoms with Gasteiger partial charge in [0.1, 0.15) is 11.6 Å². The number of para-hydroxylation sites is 1. The largest absolute Gasteiger partial charge is 0.481 e. The van der Waals surface area contributed by atoms with Crippen molar-refractivity contribution in [3.8, 4) is 5.75 Å². The van der Waals surface area contributed by atoms with Crippen LogP contribution in [0.25, 0.3) is 0 Å². The van der Waals surface area contributed by atoms with Gasteiger partial charge in [0, 0.05) is 32.2 Å². The standard InChI is InChI=1S/C26H37N5O2/c1-18(33-21-9-5-4-6-10-21)25(32)27-17-19-13-15-20(16-14-19)28-26-29-23-12-8-7-11-22(23)24(30-26)31(2)3/h4-6,9-10,18-20H,7-8,11-17H2,1-3H3,(H,27,32)(H,28,29,30)/t18?,19-,20+. The number of aromatic nitrogens is 2. The third-order valence-electron chi connectivity index (χ3n) is 6.76. The Balaban J connectivity index is 1.24. The molecule has 0 spiro atoms. The molecule has 1 saturated carbocycles. The van der Waals surface area contributed by atoms with Crippen LogP contribution in [0, 0.1) is 5.92 Å². The number of carbonyl (C=O) groups is 1. The van der Waals surface area contributed by atoms with Crippen molar-refractivity contribution in [3.63, 3.8) is 0 Å². The minimum absolute atomic E-state index is 0.0576. The minimum atomic E-state index is -0.502. The molecule has 33 heavy (non-hydrogen) atoms. The lowest BCUT2D eigenvalue weighted by Crippen LogP contribution is -2.40. The maximum Gasteiger partial charge on any atom is 0.260 e. The van der Waals surface area contributed by atoms with E-state index in [0.29, 0.717) is 24.3 Å². The monoisotopic (exact) mass is 451 g/mol. The highest BCUT2D eigenvalue weighted by Gasteiger charge is 2.25. The zero-order valence-corrected chi connectivity index (χ0v) is 20.1. The van der Waals surface area contributed by atoms with Crippen LogP contribution in [-0.4, -0.2) is 48.7 Å². The summed E-state index contributed by atoms with van der Waals surface area (Å²) in [4.78, 5) is 24.2. The SMILES string of the molecule is CC(Oc1ccccc1)C(=O)NC[C@H]1CC[C@@H](Nc2nc3c(c(N(C)C)n2)CCCC3)CC1. The first-order chi connectivity index (χ1) is 16.0. The van der Waals surface area contributed by atoms with E-state index in [0.717, 1.165) is 50.3 Å². The summed E-state index contributed by atoms with van der Waals surface area (Å²) < 4.78 is 5.73. The Morgan fingerprint density at radius 1 is 1.09 bits per heavy atom. The Morgan fingerprint density at radius 3 is 2.55 bits per heavy atom. The molecule has 2 aromatic rings. The number of amides is 1. The normalized spacial score (nSPS) is 20.9. The summed E-state index contributed by atoms with van der Waals surface area (Å²) in [5.41, 5.74) is 2.53. The number of aryl methyl sites for hydroxylation is 1. The third-order valence-corrected chi connectivity index (χ3v) is 6.76. The quantitative estimate of drug-likeness (QED) is 0.632. The van der Waals surface area contributed by atoms with E-state index >= 15 is 0 Å². The number of ether oxygens (including phenoxy) is 1. The predicted molar refractivity (Wildman–Crippen MR) is 132 cm³/mol. The van der Waals surface area contributed by atoms with E-state index < -0.39 is 6.10 Å². The average Bonchev–Trinajstić information content (AvgIpc) is 2.83. The third kappa shape index (κ3) is 6.15. The van der Waals surface area contributed by atoms with Gasteiger partial charge in [0.15, 0.2) is 6.10 Å². The van der Waals surface area contributed by atoms with Crippen LogP contribution >= 0.6 is 0 Å². The highest BCUT2D eigenvalue weighted by molar-refractivity contribution is 5.80. The Hall–Kier alpha value is -2.83. The number of nitrogens with one attached hydrogen (secondary N) is 2. The van der Waals surface area contributed by atoms with Gasteiger partial charge >= 0.3 is 0 Å². The number of anilines is 2. The Kier molecular flexibility index (Phi) is 7.68. The van der Waals surface area contributed by atoms with Gasteiger partial charge in [-0.1, -0.05) is 18.2 Å². The molecule has 1 unspecified atom stereocenters. The van der Waals surface area contributed by atoms with E-state index in [1.54, 1.807) is 6.92 Å². The lowest BCUT2D eigenvalue weighted by Gasteiger charge is -2.30. The molecule has 2 aliphatic carbocycles. The van der Waals surface area contributed by atoms with Gasteiger partial charge in [-0.15, -0.1) is 0 Å². The topological polar surface area (TPSA) is 79.4 Å². The van der Waals surface area contributed by atoms with Crippen molar-refractivity contribution in [3.05, 3.63) is 41.6 Å². The number of rotatable bonds is 8. The molecule has 4 rings (SSSR count). The van der Waals surface area contributed by atoms with Gasteiger partial charge in [-0.2, -0.15) is 4.98 Å². The summed E-state index contributed by atoms with van der Waals surface area (Å²) in [7, 11) is 4.12. The molecule has 2 N–H and O–H groups in total. The maximum absolute atomic E-state index is 12.4. The van der Waals surface area contributed by atoms with E-state index in [1.807, 2.05) is 30.3 Å². The number of fused-ring (bicyclic) bond motifs is 1. The van der Waals surface area contributed by atoms with Crippen LogP contribution < -0.4 is 20.3 Å². The molecule has 0 radical (unpaired) electrons. The Morgan fingerprint density at radius 2 is 1.82 bits per heavy atom. The first-order valence-corrected chi connectivity index (χ1v) is 12.3. The van der Waals surface area contributed by atoms with Crippen LogP contribution in [0.1, 0.15) is 56.7 Å². The highest BCUT2D eigenvalue weighted by Crippen LogP contribution is 2.30. The van der Waals surface area contributed by atoms with E-state index in [9.17, 15) is 4.79 Å². The number of carbonyl (C=O) groups excluding carboxylic acids is 1. The lowest BCUT2D eigenvalue weighted by molar-refractivity contribution is -0.127. The molecule has 0 bridgehead atoms. The zero-order chi connectivity index (χ0) is 23.2. The van der Waals surface area contributed by atoms with Crippen LogP contribution in [0.4, 0.5) is 11.8 Å². The summed E-state index contributed by atoms with van der Waals surface area (Å²) in [6, 6.07) is 9.86. The Labute approximate surface area is 197 Å². The van der Waals surface area contributed by atoms with E-state index in [4.69, 9.17) is 14.7 Å². The highest BCUT2D eigenvalue weighted by atomic mass is 16.5. The fraction of sp³-hybridized carbons (Fsp3) is 0.577. The Bertz CT molecular complexity index is 926. The van der Waals surface area contributed by atoms with Gasteiger partial charge < -0.3 is 20.3 Å². The second-order valence-electron chi connectivity index (χ2n) is 9.58. The van der Waals surface area contributed by atoms with Crippen molar-refractivity contribution in [2.75, 3.05) is 30.9 Å². The summed E-state index contributed by atoms with van der Waals surface area (Å²) >= 11 is 0. The van der Waals surface area contributed by atoms with E-state index in [-0.39, 0.29) is 5.91 Å². The number of nitrogens with zero attached hydrogens (tertiary/aromatic N) is 3. The number of benzene rings is 1. The molecule has 7 nitrogen and oxygen atoms in total. The molecule has 0 saturated heterocycles. The molecule has 7 heteroatoms. The van der Waals surface area contributed by atoms with Crippen molar-refractivity contribution < 1.29 is 9.53 Å². The molecule has 1 atom stereocenters. The van der Waals surface area contributed by atoms with Crippen molar-refractivity contribution in [1.29, 1.82) is 0 Å². The summed E-state index contributed by atoms with van der Waals surface area (Å²) in [5, 5.41) is 6.68. The fourth-order valence-corrected chi connectivity index (χ4v) is 4.85. The van der Waals surface area contributed by atoms with Crippen LogP contribution in [0.5, 0.6) is 5.75 Å². The minimum Gasteiger partial charge on any atom is -0.481 e. The van der Waals surface area contributed by atoms with Gasteiger partial charge in [0.2, 0.25) is 5.95 Å². The first kappa shape index (κ1) is 23.3. The van der Waals surface area contributed by atoms with Crippen molar-refractivity contribution >= 4 is 17.7 Å². The van der Waals surface area contributed by atoms with Crippen LogP contribution in [0.2, 0.25) is 0 Å². The van der Waals surface area contributed by atoms with Crippen LogP contribution in [0.15, 0.2) is 30.3 Å². The van der Waals surface area contributed by atoms with E-state index in [1.165, 1.54) is 24.1 Å². The summed E-state index contributed by atoms with van der Waals surface area (Å²) in [6.07, 6.45) is 8.35. The average molecular weight is 452 g/mol. The van der Waals surface area contributed by atoms with Crippen LogP contribution in [-0.2, 0) is 17.6 Å². The number of hydrogen-bond acceptors (Lipinski definition) is 6.